The van der Waals surface area contributed by atoms with E-state index < -0.39 is 5.97 Å². The van der Waals surface area contributed by atoms with Gasteiger partial charge in [0.2, 0.25) is 0 Å². The van der Waals surface area contributed by atoms with Gasteiger partial charge in [-0.25, -0.2) is 9.78 Å². The van der Waals surface area contributed by atoms with Crippen LogP contribution in [0.25, 0.3) is 10.9 Å². The van der Waals surface area contributed by atoms with Crippen LogP contribution in [-0.4, -0.2) is 23.5 Å². The van der Waals surface area contributed by atoms with E-state index in [2.05, 4.69) is 15.6 Å². The summed E-state index contributed by atoms with van der Waals surface area (Å²) in [6.45, 7) is 4.22. The van der Waals surface area contributed by atoms with Crippen LogP contribution in [-0.2, 0) is 16.1 Å². The second-order valence-corrected chi connectivity index (χ2v) is 7.03. The van der Waals surface area contributed by atoms with Crippen molar-refractivity contribution in [2.75, 3.05) is 11.9 Å². The van der Waals surface area contributed by atoms with E-state index in [4.69, 9.17) is 16.3 Å². The number of carbonyl (C=O) groups is 2. The number of aryl methyl sites for hydroxylation is 2. The van der Waals surface area contributed by atoms with E-state index in [0.717, 1.165) is 22.0 Å². The first-order valence-electron chi connectivity index (χ1n) is 9.25. The normalized spacial score (nSPS) is 10.6. The lowest BCUT2D eigenvalue weighted by Crippen LogP contribution is -2.30. The van der Waals surface area contributed by atoms with E-state index in [1.165, 1.54) is 0 Å². The molecule has 0 saturated carbocycles. The highest BCUT2D eigenvalue weighted by Gasteiger charge is 2.11. The fourth-order valence-corrected chi connectivity index (χ4v) is 3.00. The number of nitrogens with zero attached hydrogens (tertiary/aromatic N) is 1. The van der Waals surface area contributed by atoms with Gasteiger partial charge in [0.05, 0.1) is 11.9 Å². The van der Waals surface area contributed by atoms with Crippen molar-refractivity contribution in [2.24, 2.45) is 0 Å². The molecular weight excluding hydrogens is 390 g/mol. The maximum absolute atomic E-state index is 12.0. The molecule has 0 saturated heterocycles. The van der Waals surface area contributed by atoms with Gasteiger partial charge in [-0.2, -0.15) is 0 Å². The van der Waals surface area contributed by atoms with E-state index >= 15 is 0 Å². The standard InChI is InChI=1S/C22H22ClN3O3/c1-14-8-9-16-12-17(21(23)26-20(16)15(14)2)13-29-19(27)10-11-24-22(28)25-18-6-4-3-5-7-18/h3-9,12H,10-11,13H2,1-2H3,(H2,24,25,28). The molecule has 1 heterocycles. The number of esters is 1. The molecule has 0 aliphatic rings. The van der Waals surface area contributed by atoms with E-state index in [0.29, 0.717) is 16.4 Å². The minimum absolute atomic E-state index is 0.0315. The van der Waals surface area contributed by atoms with Gasteiger partial charge in [0.1, 0.15) is 11.8 Å². The van der Waals surface area contributed by atoms with E-state index in [-0.39, 0.29) is 25.6 Å². The number of fused-ring (bicyclic) bond motifs is 1. The summed E-state index contributed by atoms with van der Waals surface area (Å²) in [6, 6.07) is 14.6. The fourth-order valence-electron chi connectivity index (χ4n) is 2.81. The molecule has 0 radical (unpaired) electrons. The summed E-state index contributed by atoms with van der Waals surface area (Å²) in [5.41, 5.74) is 4.39. The summed E-state index contributed by atoms with van der Waals surface area (Å²) in [6.07, 6.45) is 0.0547. The molecular formula is C22H22ClN3O3. The van der Waals surface area contributed by atoms with Crippen LogP contribution >= 0.6 is 11.6 Å². The number of hydrogen-bond donors (Lipinski definition) is 2. The molecule has 150 valence electrons. The summed E-state index contributed by atoms with van der Waals surface area (Å²) in [4.78, 5) is 28.2. The van der Waals surface area contributed by atoms with E-state index in [1.807, 2.05) is 50.2 Å². The Bertz CT molecular complexity index is 1040. The monoisotopic (exact) mass is 411 g/mol. The predicted molar refractivity (Wildman–Crippen MR) is 114 cm³/mol. The molecule has 7 heteroatoms. The summed E-state index contributed by atoms with van der Waals surface area (Å²) in [5.74, 6) is -0.429. The third-order valence-electron chi connectivity index (χ3n) is 4.57. The highest BCUT2D eigenvalue weighted by Crippen LogP contribution is 2.25. The van der Waals surface area contributed by atoms with Crippen molar-refractivity contribution < 1.29 is 14.3 Å². The van der Waals surface area contributed by atoms with Gasteiger partial charge in [-0.3, -0.25) is 4.79 Å². The predicted octanol–water partition coefficient (Wildman–Crippen LogP) is 4.76. The largest absolute Gasteiger partial charge is 0.461 e. The number of urea groups is 1. The second-order valence-electron chi connectivity index (χ2n) is 6.68. The Hall–Kier alpha value is -3.12. The zero-order chi connectivity index (χ0) is 20.8. The van der Waals surface area contributed by atoms with Crippen molar-refractivity contribution in [3.05, 3.63) is 70.4 Å². The van der Waals surface area contributed by atoms with E-state index in [9.17, 15) is 9.59 Å². The lowest BCUT2D eigenvalue weighted by atomic mass is 10.0. The number of benzene rings is 2. The summed E-state index contributed by atoms with van der Waals surface area (Å²) >= 11 is 6.27. The van der Waals surface area contributed by atoms with Gasteiger partial charge >= 0.3 is 12.0 Å². The topological polar surface area (TPSA) is 80.3 Å². The average Bonchev–Trinajstić information content (AvgIpc) is 2.70. The zero-order valence-electron chi connectivity index (χ0n) is 16.3. The van der Waals surface area contributed by atoms with Gasteiger partial charge in [0.25, 0.3) is 0 Å². The van der Waals surface area contributed by atoms with Gasteiger partial charge in [0, 0.05) is 23.2 Å². The fraction of sp³-hybridized carbons (Fsp3) is 0.227. The molecule has 2 N–H and O–H groups in total. The molecule has 0 aliphatic heterocycles. The Morgan fingerprint density at radius 1 is 1.10 bits per heavy atom. The van der Waals surface area contributed by atoms with Gasteiger partial charge in [-0.1, -0.05) is 41.9 Å². The molecule has 0 aliphatic carbocycles. The van der Waals surface area contributed by atoms with Crippen LogP contribution in [0.1, 0.15) is 23.1 Å². The molecule has 3 aromatic rings. The van der Waals surface area contributed by atoms with Gasteiger partial charge in [0.15, 0.2) is 0 Å². The third kappa shape index (κ3) is 5.45. The van der Waals surface area contributed by atoms with Crippen LogP contribution in [0.4, 0.5) is 10.5 Å². The molecule has 0 bridgehead atoms. The number of para-hydroxylation sites is 1. The van der Waals surface area contributed by atoms with Crippen molar-refractivity contribution in [3.8, 4) is 0 Å². The number of ether oxygens (including phenoxy) is 1. The summed E-state index contributed by atoms with van der Waals surface area (Å²) < 4.78 is 5.28. The highest BCUT2D eigenvalue weighted by molar-refractivity contribution is 6.30. The SMILES string of the molecule is Cc1ccc2cc(COC(=O)CCNC(=O)Nc3ccccc3)c(Cl)nc2c1C. The zero-order valence-corrected chi connectivity index (χ0v) is 17.0. The van der Waals surface area contributed by atoms with Crippen molar-refractivity contribution in [1.29, 1.82) is 0 Å². The van der Waals surface area contributed by atoms with Crippen LogP contribution in [0.5, 0.6) is 0 Å². The molecule has 3 rings (SSSR count). The Labute approximate surface area is 174 Å². The summed E-state index contributed by atoms with van der Waals surface area (Å²) in [7, 11) is 0. The number of halogens is 1. The highest BCUT2D eigenvalue weighted by atomic mass is 35.5. The number of carbonyl (C=O) groups excluding carboxylic acids is 2. The van der Waals surface area contributed by atoms with Gasteiger partial charge in [-0.15, -0.1) is 0 Å². The summed E-state index contributed by atoms with van der Waals surface area (Å²) in [5, 5.41) is 6.56. The number of amides is 2. The van der Waals surface area contributed by atoms with Crippen LogP contribution in [0.3, 0.4) is 0 Å². The smallest absolute Gasteiger partial charge is 0.319 e. The van der Waals surface area contributed by atoms with Crippen LogP contribution < -0.4 is 10.6 Å². The van der Waals surface area contributed by atoms with Crippen molar-refractivity contribution in [1.82, 2.24) is 10.3 Å². The molecule has 29 heavy (non-hydrogen) atoms. The minimum Gasteiger partial charge on any atom is -0.461 e. The molecule has 1 aromatic heterocycles. The van der Waals surface area contributed by atoms with Gasteiger partial charge in [-0.05, 0) is 43.2 Å². The average molecular weight is 412 g/mol. The molecule has 2 aromatic carbocycles. The van der Waals surface area contributed by atoms with Crippen LogP contribution in [0, 0.1) is 13.8 Å². The lowest BCUT2D eigenvalue weighted by molar-refractivity contribution is -0.144. The Kier molecular flexibility index (Phi) is 6.67. The van der Waals surface area contributed by atoms with Crippen molar-refractivity contribution in [3.63, 3.8) is 0 Å². The van der Waals surface area contributed by atoms with E-state index in [1.54, 1.807) is 12.1 Å². The number of pyridine rings is 1. The molecule has 0 spiro atoms. The third-order valence-corrected chi connectivity index (χ3v) is 4.90. The molecule has 6 nitrogen and oxygen atoms in total. The molecule has 0 atom stereocenters. The van der Waals surface area contributed by atoms with Gasteiger partial charge < -0.3 is 15.4 Å². The Morgan fingerprint density at radius 2 is 1.86 bits per heavy atom. The Morgan fingerprint density at radius 3 is 2.62 bits per heavy atom. The van der Waals surface area contributed by atoms with Crippen LogP contribution in [0.2, 0.25) is 5.15 Å². The Balaban J connectivity index is 1.48. The minimum atomic E-state index is -0.429. The maximum Gasteiger partial charge on any atom is 0.319 e. The number of nitrogens with one attached hydrogen (secondary N) is 2. The number of hydrogen-bond acceptors (Lipinski definition) is 4. The molecule has 2 amide bonds. The molecule has 0 unspecified atom stereocenters. The first-order chi connectivity index (χ1) is 13.9. The van der Waals surface area contributed by atoms with Crippen molar-refractivity contribution >= 4 is 40.2 Å². The number of anilines is 1. The first-order valence-corrected chi connectivity index (χ1v) is 9.62. The van der Waals surface area contributed by atoms with Crippen LogP contribution in [0.15, 0.2) is 48.5 Å². The quantitative estimate of drug-likeness (QED) is 0.452. The number of rotatable bonds is 6. The second kappa shape index (κ2) is 9.39. The lowest BCUT2D eigenvalue weighted by Gasteiger charge is -2.10. The van der Waals surface area contributed by atoms with Crippen molar-refractivity contribution in [2.45, 2.75) is 26.9 Å². The molecule has 0 fully saturated rings. The first kappa shape index (κ1) is 20.6. The maximum atomic E-state index is 12.0. The number of aromatic nitrogens is 1.